The summed E-state index contributed by atoms with van der Waals surface area (Å²) in [4.78, 5) is 25.8. The van der Waals surface area contributed by atoms with Gasteiger partial charge in [-0.3, -0.25) is 4.79 Å². The number of carbonyl (C=O) groups is 1. The number of nitrogens with zero attached hydrogens (tertiary/aromatic N) is 3. The maximum atomic E-state index is 12.8. The number of anilines is 1. The second-order valence-electron chi connectivity index (χ2n) is 6.14. The van der Waals surface area contributed by atoms with Crippen LogP contribution in [0.4, 0.5) is 5.82 Å². The normalized spacial score (nSPS) is 13.8. The Balaban J connectivity index is 1.67. The molecule has 4 rings (SSSR count). The number of nitrogens with one attached hydrogen (secondary N) is 1. The Morgan fingerprint density at radius 3 is 2.88 bits per heavy atom. The lowest BCUT2D eigenvalue weighted by Crippen LogP contribution is -2.17. The molecule has 126 valence electrons. The van der Waals surface area contributed by atoms with Gasteiger partial charge in [0.05, 0.1) is 5.52 Å². The number of hydrogen-bond acceptors (Lipinski definition) is 5. The summed E-state index contributed by atoms with van der Waals surface area (Å²) in [6, 6.07) is 11.6. The van der Waals surface area contributed by atoms with Crippen LogP contribution in [-0.2, 0) is 11.3 Å². The summed E-state index contributed by atoms with van der Waals surface area (Å²) in [6.45, 7) is 0.297. The molecular weight excluding hydrogens is 316 g/mol. The van der Waals surface area contributed by atoms with Crippen LogP contribution in [0.1, 0.15) is 40.6 Å². The number of aromatic nitrogens is 3. The number of rotatable bonds is 5. The number of pyridine rings is 1. The van der Waals surface area contributed by atoms with Gasteiger partial charge in [-0.25, -0.2) is 15.0 Å². The minimum absolute atomic E-state index is 0.241. The van der Waals surface area contributed by atoms with Crippen molar-refractivity contribution in [2.75, 3.05) is 12.4 Å². The molecule has 6 nitrogen and oxygen atoms in total. The third-order valence-electron chi connectivity index (χ3n) is 4.21. The van der Waals surface area contributed by atoms with Crippen LogP contribution in [0.3, 0.4) is 0 Å². The van der Waals surface area contributed by atoms with E-state index in [0.29, 0.717) is 29.9 Å². The molecule has 0 saturated heterocycles. The van der Waals surface area contributed by atoms with Gasteiger partial charge >= 0.3 is 0 Å². The first-order chi connectivity index (χ1) is 12.2. The average Bonchev–Trinajstić information content (AvgIpc) is 3.46. The molecule has 1 fully saturated rings. The number of methoxy groups -OCH3 is 1. The highest BCUT2D eigenvalue weighted by Crippen LogP contribution is 2.42. The quantitative estimate of drug-likeness (QED) is 0.774. The zero-order chi connectivity index (χ0) is 17.2. The van der Waals surface area contributed by atoms with Crippen LogP contribution in [0.15, 0.2) is 42.6 Å². The number of benzene rings is 1. The van der Waals surface area contributed by atoms with E-state index in [2.05, 4.69) is 26.3 Å². The number of amides is 1. The van der Waals surface area contributed by atoms with Gasteiger partial charge in [0.1, 0.15) is 18.1 Å². The van der Waals surface area contributed by atoms with Crippen LogP contribution in [-0.4, -0.2) is 28.0 Å². The van der Waals surface area contributed by atoms with Crippen molar-refractivity contribution in [1.82, 2.24) is 15.0 Å². The van der Waals surface area contributed by atoms with Crippen molar-refractivity contribution in [3.8, 4) is 0 Å². The summed E-state index contributed by atoms with van der Waals surface area (Å²) >= 11 is 0. The highest BCUT2D eigenvalue weighted by Gasteiger charge is 2.29. The Bertz CT molecular complexity index is 938. The molecule has 2 heterocycles. The molecule has 2 aromatic heterocycles. The molecule has 3 aromatic rings. The molecule has 1 N–H and O–H groups in total. The van der Waals surface area contributed by atoms with Gasteiger partial charge in [-0.2, -0.15) is 0 Å². The lowest BCUT2D eigenvalue weighted by molar-refractivity contribution is 0.102. The van der Waals surface area contributed by atoms with Crippen molar-refractivity contribution in [3.63, 3.8) is 0 Å². The van der Waals surface area contributed by atoms with Crippen molar-refractivity contribution < 1.29 is 9.53 Å². The first-order valence-electron chi connectivity index (χ1n) is 8.26. The third kappa shape index (κ3) is 3.34. The smallest absolute Gasteiger partial charge is 0.275 e. The predicted octanol–water partition coefficient (Wildman–Crippen LogP) is 3.30. The maximum Gasteiger partial charge on any atom is 0.275 e. The molecule has 0 atom stereocenters. The van der Waals surface area contributed by atoms with Crippen LogP contribution in [0.25, 0.3) is 10.9 Å². The van der Waals surface area contributed by atoms with Gasteiger partial charge in [-0.1, -0.05) is 18.2 Å². The fourth-order valence-electron chi connectivity index (χ4n) is 2.86. The summed E-state index contributed by atoms with van der Waals surface area (Å²) in [7, 11) is 1.58. The second kappa shape index (κ2) is 6.57. The van der Waals surface area contributed by atoms with Gasteiger partial charge in [0.15, 0.2) is 5.82 Å². The maximum absolute atomic E-state index is 12.8. The monoisotopic (exact) mass is 334 g/mol. The molecule has 0 bridgehead atoms. The van der Waals surface area contributed by atoms with E-state index in [1.54, 1.807) is 19.4 Å². The minimum atomic E-state index is -0.241. The van der Waals surface area contributed by atoms with E-state index in [1.807, 2.05) is 24.3 Å². The lowest BCUT2D eigenvalue weighted by atomic mass is 10.0. The fourth-order valence-corrected chi connectivity index (χ4v) is 2.86. The van der Waals surface area contributed by atoms with Gasteiger partial charge in [-0.05, 0) is 42.5 Å². The Hall–Kier alpha value is -2.86. The molecule has 0 aliphatic heterocycles. The minimum Gasteiger partial charge on any atom is -0.377 e. The van der Waals surface area contributed by atoms with E-state index >= 15 is 0 Å². The second-order valence-corrected chi connectivity index (χ2v) is 6.14. The molecule has 1 saturated carbocycles. The molecule has 1 aromatic carbocycles. The van der Waals surface area contributed by atoms with Crippen molar-refractivity contribution in [2.24, 2.45) is 0 Å². The van der Waals surface area contributed by atoms with Crippen LogP contribution in [0.2, 0.25) is 0 Å². The number of ether oxygens (including phenoxy) is 1. The van der Waals surface area contributed by atoms with E-state index in [0.717, 1.165) is 29.3 Å². The van der Waals surface area contributed by atoms with E-state index in [4.69, 9.17) is 4.74 Å². The van der Waals surface area contributed by atoms with Gasteiger partial charge in [0.2, 0.25) is 0 Å². The Labute approximate surface area is 145 Å². The van der Waals surface area contributed by atoms with Crippen LogP contribution < -0.4 is 5.32 Å². The first kappa shape index (κ1) is 15.7. The topological polar surface area (TPSA) is 77.0 Å². The van der Waals surface area contributed by atoms with Crippen molar-refractivity contribution >= 4 is 22.6 Å². The zero-order valence-corrected chi connectivity index (χ0v) is 13.9. The van der Waals surface area contributed by atoms with E-state index in [1.165, 1.54) is 0 Å². The van der Waals surface area contributed by atoms with Crippen LogP contribution in [0.5, 0.6) is 0 Å². The third-order valence-corrected chi connectivity index (χ3v) is 4.21. The average molecular weight is 334 g/mol. The zero-order valence-electron chi connectivity index (χ0n) is 13.9. The van der Waals surface area contributed by atoms with Gasteiger partial charge in [0.25, 0.3) is 5.91 Å². The number of fused-ring (bicyclic) bond motifs is 1. The number of para-hydroxylation sites is 1. The van der Waals surface area contributed by atoms with Gasteiger partial charge in [0, 0.05) is 18.7 Å². The highest BCUT2D eigenvalue weighted by atomic mass is 16.5. The van der Waals surface area contributed by atoms with Crippen LogP contribution >= 0.6 is 0 Å². The summed E-state index contributed by atoms with van der Waals surface area (Å²) in [5.74, 6) is 1.15. The largest absolute Gasteiger partial charge is 0.377 e. The van der Waals surface area contributed by atoms with Crippen molar-refractivity contribution in [3.05, 3.63) is 59.7 Å². The first-order valence-corrected chi connectivity index (χ1v) is 8.26. The summed E-state index contributed by atoms with van der Waals surface area (Å²) in [5, 5.41) is 3.90. The Morgan fingerprint density at radius 2 is 2.08 bits per heavy atom. The highest BCUT2D eigenvalue weighted by molar-refractivity contribution is 6.05. The lowest BCUT2D eigenvalue weighted by Gasteiger charge is -2.10. The van der Waals surface area contributed by atoms with Crippen molar-refractivity contribution in [2.45, 2.75) is 25.4 Å². The van der Waals surface area contributed by atoms with E-state index < -0.39 is 0 Å². The molecular formula is C19H18N4O2. The molecule has 25 heavy (non-hydrogen) atoms. The summed E-state index contributed by atoms with van der Waals surface area (Å²) in [5.41, 5.74) is 2.32. The predicted molar refractivity (Wildman–Crippen MR) is 94.4 cm³/mol. The fraction of sp³-hybridized carbons (Fsp3) is 0.263. The van der Waals surface area contributed by atoms with Gasteiger partial charge < -0.3 is 10.1 Å². The summed E-state index contributed by atoms with van der Waals surface area (Å²) in [6.07, 6.45) is 3.81. The van der Waals surface area contributed by atoms with Crippen LogP contribution in [0, 0.1) is 0 Å². The van der Waals surface area contributed by atoms with E-state index in [-0.39, 0.29) is 5.91 Å². The molecule has 1 amide bonds. The van der Waals surface area contributed by atoms with Gasteiger partial charge in [-0.15, -0.1) is 0 Å². The molecule has 0 radical (unpaired) electrons. The molecule has 1 aliphatic carbocycles. The molecule has 0 unspecified atom stereocenters. The molecule has 1 aliphatic rings. The van der Waals surface area contributed by atoms with Crippen molar-refractivity contribution in [1.29, 1.82) is 0 Å². The summed E-state index contributed by atoms with van der Waals surface area (Å²) < 4.78 is 5.03. The Morgan fingerprint density at radius 1 is 1.24 bits per heavy atom. The Kier molecular flexibility index (Phi) is 4.11. The van der Waals surface area contributed by atoms with E-state index in [9.17, 15) is 4.79 Å². The molecule has 0 spiro atoms. The molecule has 6 heteroatoms. The number of carbonyl (C=O) groups excluding carboxylic acids is 1. The number of hydrogen-bond donors (Lipinski definition) is 1. The standard InChI is InChI=1S/C19H18N4O2/c1-25-11-17-20-9-8-16(22-17)23-19(24)18-14(12-6-7-12)10-13-4-2-3-5-15(13)21-18/h2-5,8-10,12H,6-7,11H2,1H3,(H,20,22,23,24). The SMILES string of the molecule is COCc1nccc(NC(=O)c2nc3ccccc3cc2C2CC2)n1.